The smallest absolute Gasteiger partial charge is 0.319 e. The number of aromatic hydroxyl groups is 1. The third kappa shape index (κ3) is 3.63. The number of carbonyl (C=O) groups is 1. The first-order valence-electron chi connectivity index (χ1n) is 5.73. The van der Waals surface area contributed by atoms with E-state index in [1.165, 1.54) is 6.07 Å². The van der Waals surface area contributed by atoms with Gasteiger partial charge in [-0.05, 0) is 23.8 Å². The molecule has 0 spiro atoms. The third-order valence-electron chi connectivity index (χ3n) is 2.55. The second-order valence-electron chi connectivity index (χ2n) is 3.92. The van der Waals surface area contributed by atoms with Gasteiger partial charge >= 0.3 is 6.03 Å². The number of carbonyl (C=O) groups excluding carboxylic acids is 1. The van der Waals surface area contributed by atoms with Gasteiger partial charge in [0.15, 0.2) is 0 Å². The van der Waals surface area contributed by atoms with Crippen LogP contribution in [-0.2, 0) is 6.54 Å². The minimum atomic E-state index is -0.401. The van der Waals surface area contributed by atoms with Crippen LogP contribution in [0.4, 0.5) is 10.5 Å². The Bertz CT molecular complexity index is 587. The molecule has 0 aliphatic rings. The normalized spacial score (nSPS) is 9.95. The van der Waals surface area contributed by atoms with Gasteiger partial charge < -0.3 is 15.7 Å². The second kappa shape index (κ2) is 6.11. The van der Waals surface area contributed by atoms with Crippen LogP contribution in [0.2, 0.25) is 5.02 Å². The van der Waals surface area contributed by atoms with Crippen LogP contribution < -0.4 is 10.6 Å². The van der Waals surface area contributed by atoms with Crippen LogP contribution in [0, 0.1) is 0 Å². The highest BCUT2D eigenvalue weighted by Crippen LogP contribution is 2.21. The Balaban J connectivity index is 1.92. The second-order valence-corrected chi connectivity index (χ2v) is 4.32. The lowest BCUT2D eigenvalue weighted by Crippen LogP contribution is -2.28. The summed E-state index contributed by atoms with van der Waals surface area (Å²) in [6, 6.07) is 13.4. The van der Waals surface area contributed by atoms with Crippen molar-refractivity contribution in [1.29, 1.82) is 0 Å². The fraction of sp³-hybridized carbons (Fsp3) is 0.0714. The summed E-state index contributed by atoms with van der Waals surface area (Å²) in [6.07, 6.45) is 0. The Morgan fingerprint density at radius 3 is 2.53 bits per heavy atom. The molecular formula is C14H13ClN2O2. The molecule has 0 saturated carbocycles. The van der Waals surface area contributed by atoms with Gasteiger partial charge in [-0.3, -0.25) is 0 Å². The lowest BCUT2D eigenvalue weighted by atomic mass is 10.2. The van der Waals surface area contributed by atoms with Crippen LogP contribution in [0.25, 0.3) is 0 Å². The van der Waals surface area contributed by atoms with E-state index in [1.807, 2.05) is 18.2 Å². The fourth-order valence-corrected chi connectivity index (χ4v) is 1.77. The molecule has 0 aliphatic carbocycles. The minimum Gasteiger partial charge on any atom is -0.506 e. The first-order valence-corrected chi connectivity index (χ1v) is 6.11. The van der Waals surface area contributed by atoms with Crippen molar-refractivity contribution in [3.05, 3.63) is 59.1 Å². The van der Waals surface area contributed by atoms with E-state index in [2.05, 4.69) is 10.6 Å². The molecule has 4 nitrogen and oxygen atoms in total. The van der Waals surface area contributed by atoms with Gasteiger partial charge in [0.05, 0.1) is 5.69 Å². The molecule has 0 aromatic heterocycles. The average molecular weight is 277 g/mol. The van der Waals surface area contributed by atoms with Gasteiger partial charge in [-0.2, -0.15) is 0 Å². The van der Waals surface area contributed by atoms with Crippen LogP contribution in [-0.4, -0.2) is 11.1 Å². The van der Waals surface area contributed by atoms with Crippen LogP contribution >= 0.6 is 11.6 Å². The molecule has 3 N–H and O–H groups in total. The van der Waals surface area contributed by atoms with E-state index in [0.29, 0.717) is 17.3 Å². The highest BCUT2D eigenvalue weighted by molar-refractivity contribution is 6.31. The van der Waals surface area contributed by atoms with E-state index in [9.17, 15) is 9.90 Å². The van der Waals surface area contributed by atoms with Crippen molar-refractivity contribution in [2.45, 2.75) is 6.54 Å². The monoisotopic (exact) mass is 276 g/mol. The minimum absolute atomic E-state index is 0.0235. The zero-order valence-electron chi connectivity index (χ0n) is 10.1. The van der Waals surface area contributed by atoms with E-state index < -0.39 is 6.03 Å². The Labute approximate surface area is 116 Å². The highest BCUT2D eigenvalue weighted by Gasteiger charge is 2.06. The molecule has 0 heterocycles. The molecule has 0 unspecified atom stereocenters. The zero-order chi connectivity index (χ0) is 13.7. The molecule has 0 fully saturated rings. The molecule has 0 bridgehead atoms. The SMILES string of the molecule is O=C(NCc1ccccc1Cl)Nc1ccccc1O. The van der Waals surface area contributed by atoms with Crippen molar-refractivity contribution in [3.63, 3.8) is 0 Å². The van der Waals surface area contributed by atoms with Crippen LogP contribution in [0.3, 0.4) is 0 Å². The number of halogens is 1. The number of phenols is 1. The van der Waals surface area contributed by atoms with E-state index in [-0.39, 0.29) is 5.75 Å². The number of amides is 2. The molecule has 2 aromatic rings. The van der Waals surface area contributed by atoms with Crippen molar-refractivity contribution in [1.82, 2.24) is 5.32 Å². The first-order chi connectivity index (χ1) is 9.16. The lowest BCUT2D eigenvalue weighted by Gasteiger charge is -2.09. The van der Waals surface area contributed by atoms with Crippen molar-refractivity contribution in [2.24, 2.45) is 0 Å². The van der Waals surface area contributed by atoms with Crippen molar-refractivity contribution in [2.75, 3.05) is 5.32 Å². The Morgan fingerprint density at radius 1 is 1.11 bits per heavy atom. The highest BCUT2D eigenvalue weighted by atomic mass is 35.5. The summed E-state index contributed by atoms with van der Waals surface area (Å²) in [5.41, 5.74) is 1.19. The predicted molar refractivity (Wildman–Crippen MR) is 75.4 cm³/mol. The average Bonchev–Trinajstić information content (AvgIpc) is 2.40. The summed E-state index contributed by atoms with van der Waals surface area (Å²) in [5, 5.41) is 15.4. The maximum atomic E-state index is 11.7. The summed E-state index contributed by atoms with van der Waals surface area (Å²) >= 11 is 5.98. The summed E-state index contributed by atoms with van der Waals surface area (Å²) in [6.45, 7) is 0.319. The number of anilines is 1. The van der Waals surface area contributed by atoms with E-state index >= 15 is 0 Å². The number of nitrogens with one attached hydrogen (secondary N) is 2. The molecule has 0 saturated heterocycles. The predicted octanol–water partition coefficient (Wildman–Crippen LogP) is 3.37. The molecule has 19 heavy (non-hydrogen) atoms. The molecule has 2 rings (SSSR count). The van der Waals surface area contributed by atoms with Gasteiger partial charge in [0.1, 0.15) is 5.75 Å². The van der Waals surface area contributed by atoms with Gasteiger partial charge in [-0.15, -0.1) is 0 Å². The quantitative estimate of drug-likeness (QED) is 0.753. The van der Waals surface area contributed by atoms with Gasteiger partial charge in [-0.1, -0.05) is 41.9 Å². The van der Waals surface area contributed by atoms with Crippen molar-refractivity contribution >= 4 is 23.3 Å². The molecule has 5 heteroatoms. The zero-order valence-corrected chi connectivity index (χ0v) is 10.8. The molecule has 98 valence electrons. The fourth-order valence-electron chi connectivity index (χ4n) is 1.56. The van der Waals surface area contributed by atoms with Crippen molar-refractivity contribution in [3.8, 4) is 5.75 Å². The molecule has 2 aromatic carbocycles. The van der Waals surface area contributed by atoms with Gasteiger partial charge in [0, 0.05) is 11.6 Å². The standard InChI is InChI=1S/C14H13ClN2O2/c15-11-6-2-1-5-10(11)9-16-14(19)17-12-7-3-4-8-13(12)18/h1-8,18H,9H2,(H2,16,17,19). The first kappa shape index (κ1) is 13.2. The summed E-state index contributed by atoms with van der Waals surface area (Å²) < 4.78 is 0. The Morgan fingerprint density at radius 2 is 1.79 bits per heavy atom. The van der Waals surface area contributed by atoms with Gasteiger partial charge in [-0.25, -0.2) is 4.79 Å². The molecule has 0 atom stereocenters. The van der Waals surface area contributed by atoms with Crippen LogP contribution in [0.1, 0.15) is 5.56 Å². The van der Waals surface area contributed by atoms with Gasteiger partial charge in [0.25, 0.3) is 0 Å². The van der Waals surface area contributed by atoms with E-state index in [4.69, 9.17) is 11.6 Å². The van der Waals surface area contributed by atoms with Gasteiger partial charge in [0.2, 0.25) is 0 Å². The maximum Gasteiger partial charge on any atom is 0.319 e. The Kier molecular flexibility index (Phi) is 4.26. The van der Waals surface area contributed by atoms with Crippen molar-refractivity contribution < 1.29 is 9.90 Å². The maximum absolute atomic E-state index is 11.7. The molecule has 0 radical (unpaired) electrons. The number of urea groups is 1. The summed E-state index contributed by atoms with van der Waals surface area (Å²) in [7, 11) is 0. The number of phenolic OH excluding ortho intramolecular Hbond substituents is 1. The van der Waals surface area contributed by atoms with E-state index in [1.54, 1.807) is 24.3 Å². The largest absolute Gasteiger partial charge is 0.506 e. The topological polar surface area (TPSA) is 61.4 Å². The van der Waals surface area contributed by atoms with E-state index in [0.717, 1.165) is 5.56 Å². The van der Waals surface area contributed by atoms with Crippen LogP contribution in [0.5, 0.6) is 5.75 Å². The molecule has 0 aliphatic heterocycles. The molecular weight excluding hydrogens is 264 g/mol. The summed E-state index contributed by atoms with van der Waals surface area (Å²) in [5.74, 6) is 0.0235. The summed E-state index contributed by atoms with van der Waals surface area (Å²) in [4.78, 5) is 11.7. The number of hydrogen-bond donors (Lipinski definition) is 3. The number of para-hydroxylation sites is 2. The number of benzene rings is 2. The lowest BCUT2D eigenvalue weighted by molar-refractivity contribution is 0.251. The third-order valence-corrected chi connectivity index (χ3v) is 2.92. The van der Waals surface area contributed by atoms with Crippen LogP contribution in [0.15, 0.2) is 48.5 Å². The number of rotatable bonds is 3. The molecule has 2 amide bonds. The number of hydrogen-bond acceptors (Lipinski definition) is 2. The Hall–Kier alpha value is -2.20.